The minimum atomic E-state index is -0.638. The highest BCUT2D eigenvalue weighted by molar-refractivity contribution is 5.34. The highest BCUT2D eigenvalue weighted by Crippen LogP contribution is 2.02. The van der Waals surface area contributed by atoms with Crippen molar-refractivity contribution in [3.8, 4) is 0 Å². The van der Waals surface area contributed by atoms with Gasteiger partial charge in [0.1, 0.15) is 0 Å². The largest absolute Gasteiger partial charge is 0.389 e. The van der Waals surface area contributed by atoms with Crippen molar-refractivity contribution in [1.29, 1.82) is 0 Å². The third kappa shape index (κ3) is 3.82. The number of anilines is 1. The number of aliphatic hydroxyl groups is 1. The standard InChI is InChI=1S/C12H21N3O3/c1-4-6-15-7-5-13-11(12(15)17)14(2)8-10(16)9-18-3/h5,7,10,16H,4,6,8-9H2,1-3H3. The Morgan fingerprint density at radius 1 is 1.61 bits per heavy atom. The van der Waals surface area contributed by atoms with Crippen LogP contribution in [0.2, 0.25) is 0 Å². The molecule has 0 amide bonds. The van der Waals surface area contributed by atoms with E-state index < -0.39 is 6.10 Å². The molecule has 1 N–H and O–H groups in total. The number of likely N-dealkylation sites (N-methyl/N-ethyl adjacent to an activating group) is 1. The van der Waals surface area contributed by atoms with Crippen LogP contribution in [-0.2, 0) is 11.3 Å². The molecule has 6 heteroatoms. The predicted octanol–water partition coefficient (Wildman–Crippen LogP) is 0.0968. The molecule has 0 aliphatic heterocycles. The summed E-state index contributed by atoms with van der Waals surface area (Å²) in [5, 5.41) is 9.64. The van der Waals surface area contributed by atoms with Crippen LogP contribution < -0.4 is 10.5 Å². The topological polar surface area (TPSA) is 67.6 Å². The molecule has 0 bridgehead atoms. The molecule has 0 saturated heterocycles. The lowest BCUT2D eigenvalue weighted by Crippen LogP contribution is -2.37. The summed E-state index contributed by atoms with van der Waals surface area (Å²) in [4.78, 5) is 17.8. The third-order valence-corrected chi connectivity index (χ3v) is 2.57. The Bertz CT molecular complexity index is 419. The smallest absolute Gasteiger partial charge is 0.293 e. The molecule has 6 nitrogen and oxygen atoms in total. The molecule has 1 aromatic rings. The molecule has 0 aliphatic carbocycles. The average molecular weight is 255 g/mol. The Kier molecular flexibility index (Phi) is 5.80. The Morgan fingerprint density at radius 2 is 2.33 bits per heavy atom. The molecule has 1 atom stereocenters. The highest BCUT2D eigenvalue weighted by atomic mass is 16.5. The summed E-state index contributed by atoms with van der Waals surface area (Å²) in [6.07, 6.45) is 3.53. The minimum Gasteiger partial charge on any atom is -0.389 e. The van der Waals surface area contributed by atoms with E-state index in [9.17, 15) is 9.90 Å². The Labute approximate surface area is 107 Å². The van der Waals surface area contributed by atoms with Crippen molar-refractivity contribution in [1.82, 2.24) is 9.55 Å². The Balaban J connectivity index is 2.82. The first-order chi connectivity index (χ1) is 8.60. The lowest BCUT2D eigenvalue weighted by atomic mass is 10.3. The van der Waals surface area contributed by atoms with E-state index in [4.69, 9.17) is 4.74 Å². The molecule has 0 saturated carbocycles. The summed E-state index contributed by atoms with van der Waals surface area (Å²) >= 11 is 0. The van der Waals surface area contributed by atoms with Crippen molar-refractivity contribution < 1.29 is 9.84 Å². The second-order valence-electron chi connectivity index (χ2n) is 4.24. The number of ether oxygens (including phenoxy) is 1. The first-order valence-corrected chi connectivity index (χ1v) is 6.03. The molecule has 0 radical (unpaired) electrons. The fourth-order valence-electron chi connectivity index (χ4n) is 1.76. The number of methoxy groups -OCH3 is 1. The number of hydrogen-bond acceptors (Lipinski definition) is 5. The van der Waals surface area contributed by atoms with E-state index in [-0.39, 0.29) is 12.2 Å². The molecule has 1 rings (SSSR count). The average Bonchev–Trinajstić information content (AvgIpc) is 2.32. The van der Waals surface area contributed by atoms with Crippen molar-refractivity contribution in [2.24, 2.45) is 0 Å². The molecule has 1 unspecified atom stereocenters. The molecule has 102 valence electrons. The summed E-state index contributed by atoms with van der Waals surface area (Å²) < 4.78 is 6.48. The maximum absolute atomic E-state index is 12.1. The van der Waals surface area contributed by atoms with Crippen LogP contribution in [0.4, 0.5) is 5.82 Å². The lowest BCUT2D eigenvalue weighted by Gasteiger charge is -2.21. The molecule has 0 fully saturated rings. The van der Waals surface area contributed by atoms with E-state index in [1.165, 1.54) is 7.11 Å². The van der Waals surface area contributed by atoms with Crippen molar-refractivity contribution in [2.45, 2.75) is 26.0 Å². The number of hydrogen-bond donors (Lipinski definition) is 1. The Morgan fingerprint density at radius 3 is 2.94 bits per heavy atom. The second-order valence-corrected chi connectivity index (χ2v) is 4.24. The van der Waals surface area contributed by atoms with Gasteiger partial charge in [0.2, 0.25) is 0 Å². The third-order valence-electron chi connectivity index (χ3n) is 2.57. The number of aliphatic hydroxyl groups excluding tert-OH is 1. The number of nitrogens with zero attached hydrogens (tertiary/aromatic N) is 3. The van der Waals surface area contributed by atoms with E-state index in [0.29, 0.717) is 18.9 Å². The predicted molar refractivity (Wildman–Crippen MR) is 69.9 cm³/mol. The summed E-state index contributed by atoms with van der Waals surface area (Å²) in [7, 11) is 3.26. The molecule has 1 aromatic heterocycles. The minimum absolute atomic E-state index is 0.133. The van der Waals surface area contributed by atoms with Gasteiger partial charge in [-0.3, -0.25) is 4.79 Å². The second kappa shape index (κ2) is 7.13. The molecule has 18 heavy (non-hydrogen) atoms. The van der Waals surface area contributed by atoms with Gasteiger partial charge in [-0.15, -0.1) is 0 Å². The van der Waals surface area contributed by atoms with Crippen LogP contribution in [0.3, 0.4) is 0 Å². The van der Waals surface area contributed by atoms with Gasteiger partial charge in [-0.05, 0) is 6.42 Å². The molecule has 0 aromatic carbocycles. The van der Waals surface area contributed by atoms with Crippen LogP contribution in [0.15, 0.2) is 17.2 Å². The normalized spacial score (nSPS) is 12.4. The molecular weight excluding hydrogens is 234 g/mol. The zero-order valence-electron chi connectivity index (χ0n) is 11.2. The Hall–Kier alpha value is -1.40. The van der Waals surface area contributed by atoms with Crippen LogP contribution in [0.1, 0.15) is 13.3 Å². The van der Waals surface area contributed by atoms with E-state index >= 15 is 0 Å². The van der Waals surface area contributed by atoms with Gasteiger partial charge in [0.25, 0.3) is 5.56 Å². The van der Waals surface area contributed by atoms with Crippen LogP contribution >= 0.6 is 0 Å². The maximum atomic E-state index is 12.1. The lowest BCUT2D eigenvalue weighted by molar-refractivity contribution is 0.0694. The zero-order chi connectivity index (χ0) is 13.5. The van der Waals surface area contributed by atoms with Crippen LogP contribution in [0.25, 0.3) is 0 Å². The number of aryl methyl sites for hydroxylation is 1. The highest BCUT2D eigenvalue weighted by Gasteiger charge is 2.13. The van der Waals surface area contributed by atoms with Gasteiger partial charge in [-0.25, -0.2) is 4.98 Å². The fourth-order valence-corrected chi connectivity index (χ4v) is 1.76. The van der Waals surface area contributed by atoms with Gasteiger partial charge in [-0.2, -0.15) is 0 Å². The van der Waals surface area contributed by atoms with Gasteiger partial charge >= 0.3 is 0 Å². The molecule has 0 aliphatic rings. The fraction of sp³-hybridized carbons (Fsp3) is 0.667. The summed E-state index contributed by atoms with van der Waals surface area (Å²) in [6, 6.07) is 0. The zero-order valence-corrected chi connectivity index (χ0v) is 11.2. The van der Waals surface area contributed by atoms with E-state index in [0.717, 1.165) is 6.42 Å². The summed E-state index contributed by atoms with van der Waals surface area (Å²) in [5.74, 6) is 0.348. The van der Waals surface area contributed by atoms with Gasteiger partial charge in [0.15, 0.2) is 5.82 Å². The van der Waals surface area contributed by atoms with Gasteiger partial charge < -0.3 is 19.3 Å². The first kappa shape index (κ1) is 14.7. The van der Waals surface area contributed by atoms with Crippen LogP contribution in [0, 0.1) is 0 Å². The van der Waals surface area contributed by atoms with Crippen molar-refractivity contribution in [3.05, 3.63) is 22.7 Å². The maximum Gasteiger partial charge on any atom is 0.293 e. The SMILES string of the molecule is CCCn1ccnc(N(C)CC(O)COC)c1=O. The quantitative estimate of drug-likeness (QED) is 0.748. The molecule has 0 spiro atoms. The van der Waals surface area contributed by atoms with Crippen molar-refractivity contribution in [3.63, 3.8) is 0 Å². The van der Waals surface area contributed by atoms with Crippen LogP contribution in [0.5, 0.6) is 0 Å². The van der Waals surface area contributed by atoms with E-state index in [1.807, 2.05) is 6.92 Å². The first-order valence-electron chi connectivity index (χ1n) is 6.03. The monoisotopic (exact) mass is 255 g/mol. The van der Waals surface area contributed by atoms with Crippen molar-refractivity contribution in [2.75, 3.05) is 32.2 Å². The van der Waals surface area contributed by atoms with Gasteiger partial charge in [-0.1, -0.05) is 6.92 Å². The summed E-state index contributed by atoms with van der Waals surface area (Å²) in [6.45, 7) is 3.23. The van der Waals surface area contributed by atoms with Crippen molar-refractivity contribution >= 4 is 5.82 Å². The summed E-state index contributed by atoms with van der Waals surface area (Å²) in [5.41, 5.74) is -0.133. The van der Waals surface area contributed by atoms with Gasteiger partial charge in [0.05, 0.1) is 12.7 Å². The van der Waals surface area contributed by atoms with Gasteiger partial charge in [0, 0.05) is 39.6 Å². The van der Waals surface area contributed by atoms with Crippen LogP contribution in [-0.4, -0.2) is 48.1 Å². The molecular formula is C12H21N3O3. The number of aromatic nitrogens is 2. The molecule has 1 heterocycles. The van der Waals surface area contributed by atoms with E-state index in [1.54, 1.807) is 28.9 Å². The number of rotatable bonds is 7. The van der Waals surface area contributed by atoms with E-state index in [2.05, 4.69) is 4.98 Å².